The Bertz CT molecular complexity index is 609. The molecule has 0 aromatic heterocycles. The predicted molar refractivity (Wildman–Crippen MR) is 89.4 cm³/mol. The van der Waals surface area contributed by atoms with Gasteiger partial charge in [0.1, 0.15) is 11.3 Å². The highest BCUT2D eigenvalue weighted by Gasteiger charge is 2.30. The van der Waals surface area contributed by atoms with Crippen molar-refractivity contribution in [1.29, 1.82) is 0 Å². The van der Waals surface area contributed by atoms with Crippen LogP contribution >= 0.6 is 11.8 Å². The second-order valence-corrected chi connectivity index (χ2v) is 6.21. The standard InChI is InChI=1S/C15H21N3O4S/c1-16-10-5-4-6-17(9-10)15(19)11-7-14(23-3)13(22-2)8-12(11)18(20)21/h7-8,10,16H,4-6,9H2,1-3H3. The number of carbonyl (C=O) groups excluding carboxylic acids is 1. The average Bonchev–Trinajstić information content (AvgIpc) is 2.59. The summed E-state index contributed by atoms with van der Waals surface area (Å²) in [7, 11) is 3.32. The van der Waals surface area contributed by atoms with Crippen molar-refractivity contribution in [3.05, 3.63) is 27.8 Å². The second kappa shape index (κ2) is 7.65. The van der Waals surface area contributed by atoms with Crippen LogP contribution in [0.1, 0.15) is 23.2 Å². The molecule has 0 radical (unpaired) electrons. The molecule has 0 aliphatic carbocycles. The van der Waals surface area contributed by atoms with Crippen molar-refractivity contribution in [3.8, 4) is 5.75 Å². The van der Waals surface area contributed by atoms with Crippen molar-refractivity contribution in [3.63, 3.8) is 0 Å². The number of rotatable bonds is 5. The number of nitrogens with one attached hydrogen (secondary N) is 1. The van der Waals surface area contributed by atoms with Gasteiger partial charge < -0.3 is 15.0 Å². The lowest BCUT2D eigenvalue weighted by atomic mass is 10.0. The van der Waals surface area contributed by atoms with E-state index in [4.69, 9.17) is 4.74 Å². The van der Waals surface area contributed by atoms with Crippen molar-refractivity contribution in [2.45, 2.75) is 23.8 Å². The van der Waals surface area contributed by atoms with E-state index in [1.54, 1.807) is 11.0 Å². The van der Waals surface area contributed by atoms with E-state index in [1.165, 1.54) is 24.9 Å². The Morgan fingerprint density at radius 1 is 1.52 bits per heavy atom. The SMILES string of the molecule is CNC1CCCN(C(=O)c2cc(SC)c(OC)cc2[N+](=O)[O-])C1. The van der Waals surface area contributed by atoms with Gasteiger partial charge in [0, 0.05) is 19.1 Å². The van der Waals surface area contributed by atoms with Crippen molar-refractivity contribution in [1.82, 2.24) is 10.2 Å². The van der Waals surface area contributed by atoms with Crippen LogP contribution in [0.4, 0.5) is 5.69 Å². The van der Waals surface area contributed by atoms with Gasteiger partial charge in [0.2, 0.25) is 0 Å². The van der Waals surface area contributed by atoms with Crippen LogP contribution in [0.15, 0.2) is 17.0 Å². The van der Waals surface area contributed by atoms with E-state index in [9.17, 15) is 14.9 Å². The number of nitro groups is 1. The monoisotopic (exact) mass is 339 g/mol. The number of likely N-dealkylation sites (N-methyl/N-ethyl adjacent to an activating group) is 1. The number of benzene rings is 1. The van der Waals surface area contributed by atoms with Gasteiger partial charge >= 0.3 is 0 Å². The lowest BCUT2D eigenvalue weighted by Crippen LogP contribution is -2.47. The molecule has 1 aliphatic rings. The highest BCUT2D eigenvalue weighted by molar-refractivity contribution is 7.98. The number of methoxy groups -OCH3 is 1. The van der Waals surface area contributed by atoms with Crippen molar-refractivity contribution >= 4 is 23.4 Å². The summed E-state index contributed by atoms with van der Waals surface area (Å²) in [5.74, 6) is 0.113. The highest BCUT2D eigenvalue weighted by atomic mass is 32.2. The molecule has 1 unspecified atom stereocenters. The molecule has 1 fully saturated rings. The van der Waals surface area contributed by atoms with Crippen LogP contribution in [0.2, 0.25) is 0 Å². The molecule has 0 bridgehead atoms. The Kier molecular flexibility index (Phi) is 5.84. The van der Waals surface area contributed by atoms with E-state index >= 15 is 0 Å². The molecule has 1 heterocycles. The zero-order valence-electron chi connectivity index (χ0n) is 13.5. The normalized spacial score (nSPS) is 17.9. The van der Waals surface area contributed by atoms with Gasteiger partial charge in [-0.05, 0) is 32.2 Å². The third-order valence-electron chi connectivity index (χ3n) is 4.05. The van der Waals surface area contributed by atoms with Crippen LogP contribution in [0.5, 0.6) is 5.75 Å². The molecule has 7 nitrogen and oxygen atoms in total. The minimum atomic E-state index is -0.528. The van der Waals surface area contributed by atoms with Gasteiger partial charge in [-0.25, -0.2) is 0 Å². The van der Waals surface area contributed by atoms with Crippen LogP contribution in [0.25, 0.3) is 0 Å². The summed E-state index contributed by atoms with van der Waals surface area (Å²) in [6, 6.07) is 3.12. The van der Waals surface area contributed by atoms with Gasteiger partial charge in [0.25, 0.3) is 11.6 Å². The molecule has 126 valence electrons. The van der Waals surface area contributed by atoms with Crippen LogP contribution in [-0.2, 0) is 0 Å². The number of nitrogens with zero attached hydrogens (tertiary/aromatic N) is 2. The fourth-order valence-electron chi connectivity index (χ4n) is 2.76. The number of piperidine rings is 1. The summed E-state index contributed by atoms with van der Waals surface area (Å²) >= 11 is 1.39. The van der Waals surface area contributed by atoms with E-state index in [2.05, 4.69) is 5.32 Å². The molecule has 1 atom stereocenters. The first-order chi connectivity index (χ1) is 11.0. The summed E-state index contributed by atoms with van der Waals surface area (Å²) < 4.78 is 5.18. The maximum atomic E-state index is 12.8. The molecule has 1 aromatic rings. The number of nitro benzene ring substituents is 1. The van der Waals surface area contributed by atoms with Gasteiger partial charge in [-0.3, -0.25) is 14.9 Å². The first-order valence-corrected chi connectivity index (χ1v) is 8.61. The maximum Gasteiger partial charge on any atom is 0.285 e. The first-order valence-electron chi connectivity index (χ1n) is 7.38. The molecule has 0 spiro atoms. The van der Waals surface area contributed by atoms with E-state index in [0.29, 0.717) is 23.7 Å². The highest BCUT2D eigenvalue weighted by Crippen LogP contribution is 2.35. The van der Waals surface area contributed by atoms with Crippen LogP contribution in [-0.4, -0.2) is 55.3 Å². The molecule has 1 amide bonds. The molecule has 23 heavy (non-hydrogen) atoms. The van der Waals surface area contributed by atoms with Crippen LogP contribution < -0.4 is 10.1 Å². The van der Waals surface area contributed by atoms with Crippen LogP contribution in [0.3, 0.4) is 0 Å². The van der Waals surface area contributed by atoms with E-state index in [0.717, 1.165) is 12.8 Å². The Balaban J connectivity index is 2.40. The number of hydrogen-bond acceptors (Lipinski definition) is 6. The van der Waals surface area contributed by atoms with Crippen molar-refractivity contribution in [2.24, 2.45) is 0 Å². The predicted octanol–water partition coefficient (Wildman–Crippen LogP) is 2.15. The number of ether oxygens (including phenoxy) is 1. The second-order valence-electron chi connectivity index (χ2n) is 5.36. The zero-order chi connectivity index (χ0) is 17.0. The Hall–Kier alpha value is -1.80. The summed E-state index contributed by atoms with van der Waals surface area (Å²) in [5, 5.41) is 14.5. The maximum absolute atomic E-state index is 12.8. The summed E-state index contributed by atoms with van der Waals surface area (Å²) in [4.78, 5) is 26.0. The minimum Gasteiger partial charge on any atom is -0.495 e. The number of likely N-dealkylation sites (tertiary alicyclic amines) is 1. The van der Waals surface area contributed by atoms with Crippen LogP contribution in [0, 0.1) is 10.1 Å². The zero-order valence-corrected chi connectivity index (χ0v) is 14.3. The smallest absolute Gasteiger partial charge is 0.285 e. The van der Waals surface area contributed by atoms with E-state index < -0.39 is 4.92 Å². The fourth-order valence-corrected chi connectivity index (χ4v) is 3.34. The first kappa shape index (κ1) is 17.6. The third kappa shape index (κ3) is 3.76. The molecule has 8 heteroatoms. The Morgan fingerprint density at radius 3 is 2.83 bits per heavy atom. The number of thioether (sulfide) groups is 1. The summed E-state index contributed by atoms with van der Waals surface area (Å²) in [6.07, 6.45) is 3.73. The lowest BCUT2D eigenvalue weighted by molar-refractivity contribution is -0.385. The molecule has 1 saturated heterocycles. The van der Waals surface area contributed by atoms with Gasteiger partial charge in [0.05, 0.1) is 23.0 Å². The molecule has 1 aromatic carbocycles. The molecule has 2 rings (SSSR count). The molecular formula is C15H21N3O4S. The lowest BCUT2D eigenvalue weighted by Gasteiger charge is -2.32. The van der Waals surface area contributed by atoms with Crippen molar-refractivity contribution in [2.75, 3.05) is 33.5 Å². The third-order valence-corrected chi connectivity index (χ3v) is 4.80. The van der Waals surface area contributed by atoms with E-state index in [1.807, 2.05) is 13.3 Å². The average molecular weight is 339 g/mol. The largest absolute Gasteiger partial charge is 0.495 e. The van der Waals surface area contributed by atoms with Gasteiger partial charge in [-0.2, -0.15) is 0 Å². The quantitative estimate of drug-likeness (QED) is 0.503. The number of hydrogen-bond donors (Lipinski definition) is 1. The fraction of sp³-hybridized carbons (Fsp3) is 0.533. The number of carbonyl (C=O) groups is 1. The van der Waals surface area contributed by atoms with Gasteiger partial charge in [-0.1, -0.05) is 0 Å². The van der Waals surface area contributed by atoms with E-state index in [-0.39, 0.29) is 23.2 Å². The van der Waals surface area contributed by atoms with Gasteiger partial charge in [0.15, 0.2) is 0 Å². The molecule has 0 saturated carbocycles. The Labute approximate surface area is 139 Å². The molecular weight excluding hydrogens is 318 g/mol. The van der Waals surface area contributed by atoms with Crippen molar-refractivity contribution < 1.29 is 14.5 Å². The summed E-state index contributed by atoms with van der Waals surface area (Å²) in [6.45, 7) is 1.18. The molecule has 1 aliphatic heterocycles. The Morgan fingerprint density at radius 2 is 2.26 bits per heavy atom. The molecule has 1 N–H and O–H groups in total. The van der Waals surface area contributed by atoms with Gasteiger partial charge in [-0.15, -0.1) is 11.8 Å². The summed E-state index contributed by atoms with van der Waals surface area (Å²) in [5.41, 5.74) is -0.0897. The number of amides is 1. The minimum absolute atomic E-state index is 0.122. The topological polar surface area (TPSA) is 84.7 Å².